The molecule has 0 bridgehead atoms. The normalized spacial score (nSPS) is 12.2. The van der Waals surface area contributed by atoms with E-state index >= 15 is 0 Å². The molecule has 0 radical (unpaired) electrons. The third-order valence-corrected chi connectivity index (χ3v) is 4.12. The predicted octanol–water partition coefficient (Wildman–Crippen LogP) is 3.55. The third-order valence-electron chi connectivity index (χ3n) is 4.12. The lowest BCUT2D eigenvalue weighted by Crippen LogP contribution is -2.31. The molecule has 1 atom stereocenters. The maximum atomic E-state index is 12.3. The number of benzene rings is 2. The van der Waals surface area contributed by atoms with Gasteiger partial charge in [0.15, 0.2) is 0 Å². The van der Waals surface area contributed by atoms with Gasteiger partial charge in [-0.3, -0.25) is 4.79 Å². The Morgan fingerprint density at radius 1 is 1.19 bits per heavy atom. The van der Waals surface area contributed by atoms with Gasteiger partial charge in [-0.1, -0.05) is 18.2 Å². The molecule has 4 aromatic rings. The molecule has 0 saturated heterocycles. The second-order valence-electron chi connectivity index (χ2n) is 5.97. The average Bonchev–Trinajstić information content (AvgIpc) is 3.07. The first-order valence-corrected chi connectivity index (χ1v) is 8.13. The molecule has 0 saturated carbocycles. The van der Waals surface area contributed by atoms with Crippen LogP contribution in [-0.4, -0.2) is 16.0 Å². The van der Waals surface area contributed by atoms with Crippen molar-refractivity contribution >= 4 is 33.6 Å². The highest BCUT2D eigenvalue weighted by molar-refractivity contribution is 5.92. The van der Waals surface area contributed by atoms with Gasteiger partial charge in [-0.15, -0.1) is 0 Å². The van der Waals surface area contributed by atoms with Gasteiger partial charge in [-0.2, -0.15) is 0 Å². The first kappa shape index (κ1) is 15.9. The SMILES string of the molecule is C[C@@H](NC(=O)Nc1ccc2nc[nH]c(=O)c2c1)c1cc2ccccc2o1. The fraction of sp³-hybridized carbons (Fsp3) is 0.105. The Morgan fingerprint density at radius 3 is 2.88 bits per heavy atom. The molecule has 0 aliphatic rings. The van der Waals surface area contributed by atoms with Gasteiger partial charge in [-0.05, 0) is 37.3 Å². The van der Waals surface area contributed by atoms with Crippen molar-refractivity contribution in [2.24, 2.45) is 0 Å². The second kappa shape index (κ2) is 6.36. The summed E-state index contributed by atoms with van der Waals surface area (Å²) in [5.41, 5.74) is 1.59. The molecule has 2 aromatic heterocycles. The van der Waals surface area contributed by atoms with Crippen LogP contribution in [0.15, 0.2) is 64.1 Å². The number of hydrogen-bond acceptors (Lipinski definition) is 4. The van der Waals surface area contributed by atoms with Gasteiger partial charge in [-0.25, -0.2) is 9.78 Å². The molecule has 0 aliphatic heterocycles. The summed E-state index contributed by atoms with van der Waals surface area (Å²) < 4.78 is 5.76. The van der Waals surface area contributed by atoms with Crippen molar-refractivity contribution in [3.63, 3.8) is 0 Å². The van der Waals surface area contributed by atoms with E-state index in [-0.39, 0.29) is 11.6 Å². The maximum Gasteiger partial charge on any atom is 0.319 e. The van der Waals surface area contributed by atoms with Crippen LogP contribution in [0, 0.1) is 0 Å². The van der Waals surface area contributed by atoms with Crippen molar-refractivity contribution in [3.05, 3.63) is 71.0 Å². The summed E-state index contributed by atoms with van der Waals surface area (Å²) in [4.78, 5) is 30.7. The number of carbonyl (C=O) groups is 1. The van der Waals surface area contributed by atoms with Crippen molar-refractivity contribution in [3.8, 4) is 0 Å². The van der Waals surface area contributed by atoms with E-state index in [9.17, 15) is 9.59 Å². The lowest BCUT2D eigenvalue weighted by Gasteiger charge is -2.12. The lowest BCUT2D eigenvalue weighted by molar-refractivity contribution is 0.248. The molecule has 2 aromatic carbocycles. The molecular weight excluding hydrogens is 332 g/mol. The number of aromatic amines is 1. The number of amides is 2. The van der Waals surface area contributed by atoms with Gasteiger partial charge in [0.25, 0.3) is 5.56 Å². The average molecular weight is 348 g/mol. The maximum absolute atomic E-state index is 12.3. The topological polar surface area (TPSA) is 100 Å². The van der Waals surface area contributed by atoms with E-state index in [0.29, 0.717) is 22.4 Å². The highest BCUT2D eigenvalue weighted by atomic mass is 16.3. The van der Waals surface area contributed by atoms with E-state index in [1.54, 1.807) is 18.2 Å². The lowest BCUT2D eigenvalue weighted by atomic mass is 10.2. The predicted molar refractivity (Wildman–Crippen MR) is 99.1 cm³/mol. The molecule has 26 heavy (non-hydrogen) atoms. The minimum absolute atomic E-state index is 0.255. The molecule has 7 heteroatoms. The Bertz CT molecular complexity index is 1130. The summed E-state index contributed by atoms with van der Waals surface area (Å²) in [6.07, 6.45) is 1.35. The zero-order valence-electron chi connectivity index (χ0n) is 13.9. The standard InChI is InChI=1S/C19H16N4O3/c1-11(17-8-12-4-2-3-5-16(12)26-17)22-19(25)23-13-6-7-15-14(9-13)18(24)21-10-20-15/h2-11H,1H3,(H,20,21,24)(H2,22,23,25)/t11-/m1/s1. The molecule has 2 heterocycles. The van der Waals surface area contributed by atoms with E-state index in [1.165, 1.54) is 6.33 Å². The number of fused-ring (bicyclic) bond motifs is 2. The Kier molecular flexibility index (Phi) is 3.89. The number of nitrogens with one attached hydrogen (secondary N) is 3. The van der Waals surface area contributed by atoms with E-state index in [4.69, 9.17) is 4.42 Å². The molecule has 0 fully saturated rings. The number of furan rings is 1. The van der Waals surface area contributed by atoms with Crippen LogP contribution in [0.4, 0.5) is 10.5 Å². The van der Waals surface area contributed by atoms with E-state index in [0.717, 1.165) is 11.0 Å². The summed E-state index contributed by atoms with van der Waals surface area (Å²) in [5, 5.41) is 6.94. The van der Waals surface area contributed by atoms with Crippen molar-refractivity contribution < 1.29 is 9.21 Å². The summed E-state index contributed by atoms with van der Waals surface area (Å²) in [6.45, 7) is 1.84. The number of carbonyl (C=O) groups excluding carboxylic acids is 1. The van der Waals surface area contributed by atoms with Crippen molar-refractivity contribution in [1.29, 1.82) is 0 Å². The number of anilines is 1. The van der Waals surface area contributed by atoms with Crippen LogP contribution >= 0.6 is 0 Å². The smallest absolute Gasteiger partial charge is 0.319 e. The third kappa shape index (κ3) is 3.02. The van der Waals surface area contributed by atoms with E-state index in [1.807, 2.05) is 37.3 Å². The summed E-state index contributed by atoms with van der Waals surface area (Å²) >= 11 is 0. The van der Waals surface area contributed by atoms with Crippen molar-refractivity contribution in [1.82, 2.24) is 15.3 Å². The Hall–Kier alpha value is -3.61. The molecule has 130 valence electrons. The molecule has 4 rings (SSSR count). The minimum Gasteiger partial charge on any atom is -0.459 e. The Balaban J connectivity index is 1.49. The Labute approximate surface area is 148 Å². The molecule has 3 N–H and O–H groups in total. The van der Waals surface area contributed by atoms with Gasteiger partial charge in [0.1, 0.15) is 11.3 Å². The van der Waals surface area contributed by atoms with Gasteiger partial charge >= 0.3 is 6.03 Å². The number of nitrogens with zero attached hydrogens (tertiary/aromatic N) is 1. The number of urea groups is 1. The van der Waals surface area contributed by atoms with Crippen LogP contribution in [0.1, 0.15) is 18.7 Å². The zero-order chi connectivity index (χ0) is 18.1. The molecule has 0 spiro atoms. The van der Waals surface area contributed by atoms with Crippen LogP contribution in [0.5, 0.6) is 0 Å². The monoisotopic (exact) mass is 348 g/mol. The number of rotatable bonds is 3. The fourth-order valence-electron chi connectivity index (χ4n) is 2.80. The number of aromatic nitrogens is 2. The first-order valence-electron chi connectivity index (χ1n) is 8.13. The summed E-state index contributed by atoms with van der Waals surface area (Å²) in [5.74, 6) is 0.667. The summed E-state index contributed by atoms with van der Waals surface area (Å²) in [6, 6.07) is 13.8. The van der Waals surface area contributed by atoms with E-state index < -0.39 is 6.03 Å². The van der Waals surface area contributed by atoms with Crippen molar-refractivity contribution in [2.45, 2.75) is 13.0 Å². The summed E-state index contributed by atoms with van der Waals surface area (Å²) in [7, 11) is 0. The molecule has 0 unspecified atom stereocenters. The molecule has 7 nitrogen and oxygen atoms in total. The van der Waals surface area contributed by atoms with Gasteiger partial charge in [0.2, 0.25) is 0 Å². The fourth-order valence-corrected chi connectivity index (χ4v) is 2.80. The Morgan fingerprint density at radius 2 is 2.04 bits per heavy atom. The molecule has 0 aliphatic carbocycles. The number of para-hydroxylation sites is 1. The van der Waals surface area contributed by atoms with Gasteiger partial charge in [0.05, 0.1) is 23.3 Å². The van der Waals surface area contributed by atoms with E-state index in [2.05, 4.69) is 20.6 Å². The molecule has 2 amide bonds. The van der Waals surface area contributed by atoms with Crippen LogP contribution in [0.3, 0.4) is 0 Å². The van der Waals surface area contributed by atoms with Crippen LogP contribution in [-0.2, 0) is 0 Å². The van der Waals surface area contributed by atoms with Gasteiger partial charge < -0.3 is 20.0 Å². The quantitative estimate of drug-likeness (QED) is 0.527. The highest BCUT2D eigenvalue weighted by Crippen LogP contribution is 2.23. The van der Waals surface area contributed by atoms with Crippen molar-refractivity contribution in [2.75, 3.05) is 5.32 Å². The van der Waals surface area contributed by atoms with Gasteiger partial charge in [0, 0.05) is 11.1 Å². The van der Waals surface area contributed by atoms with Crippen LogP contribution in [0.25, 0.3) is 21.9 Å². The van der Waals surface area contributed by atoms with Crippen LogP contribution < -0.4 is 16.2 Å². The number of hydrogen-bond donors (Lipinski definition) is 3. The zero-order valence-corrected chi connectivity index (χ0v) is 13.9. The second-order valence-corrected chi connectivity index (χ2v) is 5.97. The molecular formula is C19H16N4O3. The minimum atomic E-state index is -0.391. The van der Waals surface area contributed by atoms with Crippen LogP contribution in [0.2, 0.25) is 0 Å². The first-order chi connectivity index (χ1) is 12.6. The highest BCUT2D eigenvalue weighted by Gasteiger charge is 2.14. The largest absolute Gasteiger partial charge is 0.459 e. The number of H-pyrrole nitrogens is 1.